The molecule has 1 aromatic rings. The second-order valence-corrected chi connectivity index (χ2v) is 5.45. The van der Waals surface area contributed by atoms with E-state index < -0.39 is 0 Å². The van der Waals surface area contributed by atoms with E-state index in [-0.39, 0.29) is 5.82 Å². The number of aromatic nitrogens is 1. The summed E-state index contributed by atoms with van der Waals surface area (Å²) in [6, 6.07) is 1.46. The van der Waals surface area contributed by atoms with Gasteiger partial charge in [0.25, 0.3) is 0 Å². The van der Waals surface area contributed by atoms with Crippen LogP contribution < -0.4 is 10.2 Å². The van der Waals surface area contributed by atoms with E-state index in [9.17, 15) is 4.39 Å². The largest absolute Gasteiger partial charge is 0.357 e. The molecule has 3 nitrogen and oxygen atoms in total. The molecule has 0 spiro atoms. The second-order valence-electron chi connectivity index (χ2n) is 4.53. The molecule has 0 radical (unpaired) electrons. The van der Waals surface area contributed by atoms with Crippen LogP contribution in [-0.4, -0.2) is 31.7 Å². The summed E-state index contributed by atoms with van der Waals surface area (Å²) in [6.45, 7) is 3.00. The Balaban J connectivity index is 2.00. The first kappa shape index (κ1) is 12.8. The summed E-state index contributed by atoms with van der Waals surface area (Å²) in [6.07, 6.45) is 3.95. The molecule has 1 aliphatic heterocycles. The number of nitrogens with zero attached hydrogens (tertiary/aromatic N) is 2. The lowest BCUT2D eigenvalue weighted by Gasteiger charge is -2.28. The molecular formula is C12H17BrFN3. The van der Waals surface area contributed by atoms with Crippen LogP contribution in [0.4, 0.5) is 10.2 Å². The average Bonchev–Trinajstić information content (AvgIpc) is 2.30. The zero-order valence-corrected chi connectivity index (χ0v) is 11.5. The number of pyridine rings is 1. The van der Waals surface area contributed by atoms with E-state index in [1.165, 1.54) is 6.07 Å². The van der Waals surface area contributed by atoms with Crippen LogP contribution in [0.2, 0.25) is 0 Å². The molecule has 1 aliphatic rings. The lowest BCUT2D eigenvalue weighted by molar-refractivity contribution is 0.376. The topological polar surface area (TPSA) is 28.2 Å². The van der Waals surface area contributed by atoms with Crippen LogP contribution >= 0.6 is 15.9 Å². The highest BCUT2D eigenvalue weighted by atomic mass is 79.9. The van der Waals surface area contributed by atoms with Crippen molar-refractivity contribution in [1.82, 2.24) is 10.3 Å². The number of nitrogens with one attached hydrogen (secondary N) is 1. The van der Waals surface area contributed by atoms with Gasteiger partial charge in [-0.15, -0.1) is 0 Å². The third-order valence-electron chi connectivity index (χ3n) is 3.14. The molecule has 1 N–H and O–H groups in total. The van der Waals surface area contributed by atoms with E-state index in [0.717, 1.165) is 32.5 Å². The van der Waals surface area contributed by atoms with Crippen LogP contribution in [0.15, 0.2) is 16.7 Å². The van der Waals surface area contributed by atoms with Crippen LogP contribution in [-0.2, 0) is 0 Å². The monoisotopic (exact) mass is 301 g/mol. The van der Waals surface area contributed by atoms with Crippen LogP contribution in [0.25, 0.3) is 0 Å². The Labute approximate surface area is 110 Å². The molecule has 0 atom stereocenters. The maximum atomic E-state index is 13.7. The van der Waals surface area contributed by atoms with E-state index in [1.807, 2.05) is 11.9 Å². The van der Waals surface area contributed by atoms with Gasteiger partial charge in [0.2, 0.25) is 0 Å². The fourth-order valence-corrected chi connectivity index (χ4v) is 2.53. The zero-order valence-electron chi connectivity index (χ0n) is 9.92. The van der Waals surface area contributed by atoms with Gasteiger partial charge in [0.15, 0.2) is 11.6 Å². The molecule has 5 heteroatoms. The van der Waals surface area contributed by atoms with Gasteiger partial charge in [0.1, 0.15) is 0 Å². The Morgan fingerprint density at radius 3 is 2.88 bits per heavy atom. The molecule has 1 saturated heterocycles. The molecule has 94 valence electrons. The highest BCUT2D eigenvalue weighted by Crippen LogP contribution is 2.21. The van der Waals surface area contributed by atoms with E-state index >= 15 is 0 Å². The van der Waals surface area contributed by atoms with Gasteiger partial charge < -0.3 is 10.2 Å². The van der Waals surface area contributed by atoms with Gasteiger partial charge in [-0.25, -0.2) is 9.37 Å². The first-order valence-corrected chi connectivity index (χ1v) is 6.69. The summed E-state index contributed by atoms with van der Waals surface area (Å²) in [4.78, 5) is 6.05. The van der Waals surface area contributed by atoms with Crippen molar-refractivity contribution in [2.75, 3.05) is 31.6 Å². The minimum Gasteiger partial charge on any atom is -0.357 e. The minimum atomic E-state index is -0.268. The van der Waals surface area contributed by atoms with Crippen molar-refractivity contribution in [3.63, 3.8) is 0 Å². The van der Waals surface area contributed by atoms with Crippen molar-refractivity contribution in [2.24, 2.45) is 5.92 Å². The molecule has 2 heterocycles. The van der Waals surface area contributed by atoms with Crippen LogP contribution in [0.5, 0.6) is 0 Å². The molecule has 17 heavy (non-hydrogen) atoms. The smallest absolute Gasteiger partial charge is 0.166 e. The van der Waals surface area contributed by atoms with Crippen molar-refractivity contribution in [3.8, 4) is 0 Å². The number of anilines is 1. The maximum absolute atomic E-state index is 13.7. The molecule has 2 rings (SSSR count). The Morgan fingerprint density at radius 2 is 2.24 bits per heavy atom. The summed E-state index contributed by atoms with van der Waals surface area (Å²) >= 11 is 3.21. The number of halogens is 2. The molecule has 1 fully saturated rings. The van der Waals surface area contributed by atoms with Gasteiger partial charge in [0, 0.05) is 24.3 Å². The van der Waals surface area contributed by atoms with Crippen LogP contribution in [0, 0.1) is 11.7 Å². The van der Waals surface area contributed by atoms with Gasteiger partial charge in [-0.2, -0.15) is 0 Å². The number of hydrogen-bond acceptors (Lipinski definition) is 3. The minimum absolute atomic E-state index is 0.268. The first-order chi connectivity index (χ1) is 8.16. The fourth-order valence-electron chi connectivity index (χ4n) is 2.23. The molecule has 1 aromatic heterocycles. The molecular weight excluding hydrogens is 285 g/mol. The predicted octanol–water partition coefficient (Wildman–Crippen LogP) is 2.42. The van der Waals surface area contributed by atoms with E-state index in [2.05, 4.69) is 26.2 Å². The molecule has 0 amide bonds. The summed E-state index contributed by atoms with van der Waals surface area (Å²) in [7, 11) is 1.90. The maximum Gasteiger partial charge on any atom is 0.166 e. The number of piperidine rings is 1. The molecule has 0 saturated carbocycles. The van der Waals surface area contributed by atoms with Gasteiger partial charge >= 0.3 is 0 Å². The van der Waals surface area contributed by atoms with Gasteiger partial charge in [-0.3, -0.25) is 0 Å². The third-order valence-corrected chi connectivity index (χ3v) is 3.57. The van der Waals surface area contributed by atoms with Crippen molar-refractivity contribution >= 4 is 21.7 Å². The quantitative estimate of drug-likeness (QED) is 0.929. The SMILES string of the molecule is CN(CC1CCNCC1)c1ncc(Br)cc1F. The summed E-state index contributed by atoms with van der Waals surface area (Å²) < 4.78 is 14.4. The van der Waals surface area contributed by atoms with Crippen LogP contribution in [0.1, 0.15) is 12.8 Å². The zero-order chi connectivity index (χ0) is 12.3. The van der Waals surface area contributed by atoms with E-state index in [1.54, 1.807) is 6.20 Å². The second kappa shape index (κ2) is 5.78. The van der Waals surface area contributed by atoms with Gasteiger partial charge in [-0.1, -0.05) is 0 Å². The first-order valence-electron chi connectivity index (χ1n) is 5.89. The predicted molar refractivity (Wildman–Crippen MR) is 70.8 cm³/mol. The fraction of sp³-hybridized carbons (Fsp3) is 0.583. The summed E-state index contributed by atoms with van der Waals surface area (Å²) in [5.74, 6) is 0.800. The lowest BCUT2D eigenvalue weighted by atomic mass is 9.98. The highest BCUT2D eigenvalue weighted by Gasteiger charge is 2.17. The highest BCUT2D eigenvalue weighted by molar-refractivity contribution is 9.10. The van der Waals surface area contributed by atoms with Crippen molar-refractivity contribution in [2.45, 2.75) is 12.8 Å². The molecule has 0 aliphatic carbocycles. The number of hydrogen-bond donors (Lipinski definition) is 1. The Morgan fingerprint density at radius 1 is 1.53 bits per heavy atom. The van der Waals surface area contributed by atoms with E-state index in [0.29, 0.717) is 16.2 Å². The third kappa shape index (κ3) is 3.39. The summed E-state index contributed by atoms with van der Waals surface area (Å²) in [5.41, 5.74) is 0. The van der Waals surface area contributed by atoms with Crippen molar-refractivity contribution in [3.05, 3.63) is 22.6 Å². The molecule has 0 aromatic carbocycles. The van der Waals surface area contributed by atoms with Crippen molar-refractivity contribution < 1.29 is 4.39 Å². The molecule has 0 unspecified atom stereocenters. The van der Waals surface area contributed by atoms with E-state index in [4.69, 9.17) is 0 Å². The average molecular weight is 302 g/mol. The molecule has 0 bridgehead atoms. The van der Waals surface area contributed by atoms with Crippen LogP contribution in [0.3, 0.4) is 0 Å². The van der Waals surface area contributed by atoms with Gasteiger partial charge in [-0.05, 0) is 53.8 Å². The van der Waals surface area contributed by atoms with Gasteiger partial charge in [0.05, 0.1) is 0 Å². The Kier molecular flexibility index (Phi) is 4.34. The standard InChI is InChI=1S/C12H17BrFN3/c1-17(8-9-2-4-15-5-3-9)12-11(14)6-10(13)7-16-12/h6-7,9,15H,2-5,8H2,1H3. The summed E-state index contributed by atoms with van der Waals surface area (Å²) in [5, 5.41) is 3.33. The lowest BCUT2D eigenvalue weighted by Crippen LogP contribution is -2.35. The normalized spacial score (nSPS) is 17.1. The van der Waals surface area contributed by atoms with Crippen molar-refractivity contribution in [1.29, 1.82) is 0 Å². The Hall–Kier alpha value is -0.680. The number of rotatable bonds is 3. The Bertz CT molecular complexity index is 380.